The van der Waals surface area contributed by atoms with Crippen molar-refractivity contribution in [3.05, 3.63) is 24.3 Å². The Morgan fingerprint density at radius 1 is 1.40 bits per heavy atom. The number of esters is 1. The smallest absolute Gasteiger partial charge is 0.315 e. The molecule has 0 aromatic carbocycles. The number of nitrogens with zero attached hydrogens (tertiary/aromatic N) is 2. The Labute approximate surface area is 89.7 Å². The van der Waals surface area contributed by atoms with Crippen LogP contribution in [0, 0.1) is 0 Å². The largest absolute Gasteiger partial charge is 0.459 e. The third kappa shape index (κ3) is 3.65. The maximum absolute atomic E-state index is 11.7. The van der Waals surface area contributed by atoms with Gasteiger partial charge in [0, 0.05) is 18.6 Å². The summed E-state index contributed by atoms with van der Waals surface area (Å²) in [5, 5.41) is 0. The van der Waals surface area contributed by atoms with Crippen LogP contribution < -0.4 is 0 Å². The topological polar surface area (TPSA) is 52.1 Å². The monoisotopic (exact) mass is 208 g/mol. The fourth-order valence-corrected chi connectivity index (χ4v) is 1.05. The van der Waals surface area contributed by atoms with E-state index in [0.717, 1.165) is 0 Å². The van der Waals surface area contributed by atoms with Crippen LogP contribution in [-0.2, 0) is 9.53 Å². The lowest BCUT2D eigenvalue weighted by atomic mass is 10.1. The summed E-state index contributed by atoms with van der Waals surface area (Å²) in [5.74, 6) is -0.652. The first-order valence-electron chi connectivity index (χ1n) is 4.89. The lowest BCUT2D eigenvalue weighted by molar-refractivity contribution is -0.156. The lowest BCUT2D eigenvalue weighted by Crippen LogP contribution is -2.27. The molecule has 1 atom stereocenters. The van der Waals surface area contributed by atoms with Gasteiger partial charge in [0.1, 0.15) is 5.60 Å². The molecule has 1 aromatic heterocycles. The number of hydrogen-bond acceptors (Lipinski definition) is 4. The Morgan fingerprint density at radius 3 is 2.53 bits per heavy atom. The third-order valence-corrected chi connectivity index (χ3v) is 1.79. The second-order valence-electron chi connectivity index (χ2n) is 4.39. The number of hydrogen-bond donors (Lipinski definition) is 0. The highest BCUT2D eigenvalue weighted by molar-refractivity contribution is 5.77. The molecule has 4 nitrogen and oxygen atoms in total. The van der Waals surface area contributed by atoms with Crippen molar-refractivity contribution in [3.8, 4) is 0 Å². The van der Waals surface area contributed by atoms with Gasteiger partial charge in [0.2, 0.25) is 0 Å². The first-order valence-corrected chi connectivity index (χ1v) is 4.89. The van der Waals surface area contributed by atoms with Crippen LogP contribution in [0.15, 0.2) is 18.6 Å². The lowest BCUT2D eigenvalue weighted by Gasteiger charge is -2.21. The molecular formula is C11H16N2O2. The first-order chi connectivity index (χ1) is 6.90. The number of carbonyl (C=O) groups is 1. The van der Waals surface area contributed by atoms with Gasteiger partial charge in [-0.2, -0.15) is 0 Å². The molecule has 0 spiro atoms. The maximum atomic E-state index is 11.7. The van der Waals surface area contributed by atoms with E-state index in [1.54, 1.807) is 25.5 Å². The fraction of sp³-hybridized carbons (Fsp3) is 0.545. The van der Waals surface area contributed by atoms with Gasteiger partial charge in [-0.3, -0.25) is 14.8 Å². The van der Waals surface area contributed by atoms with Gasteiger partial charge in [-0.25, -0.2) is 0 Å². The van der Waals surface area contributed by atoms with E-state index in [-0.39, 0.29) is 11.9 Å². The molecule has 0 bridgehead atoms. The predicted molar refractivity (Wildman–Crippen MR) is 56.3 cm³/mol. The minimum Gasteiger partial charge on any atom is -0.459 e. The SMILES string of the molecule is C[C@@H](C(=O)OC(C)(C)C)c1cnccn1. The van der Waals surface area contributed by atoms with Crippen molar-refractivity contribution in [1.82, 2.24) is 9.97 Å². The van der Waals surface area contributed by atoms with E-state index in [1.165, 1.54) is 0 Å². The molecule has 0 aliphatic heterocycles. The van der Waals surface area contributed by atoms with Gasteiger partial charge in [0.05, 0.1) is 11.6 Å². The molecule has 1 rings (SSSR count). The normalized spacial score (nSPS) is 13.3. The van der Waals surface area contributed by atoms with E-state index in [9.17, 15) is 4.79 Å². The van der Waals surface area contributed by atoms with Crippen LogP contribution in [0.1, 0.15) is 39.3 Å². The summed E-state index contributed by atoms with van der Waals surface area (Å²) >= 11 is 0. The van der Waals surface area contributed by atoms with E-state index >= 15 is 0 Å². The molecule has 0 N–H and O–H groups in total. The van der Waals surface area contributed by atoms with Crippen LogP contribution in [0.2, 0.25) is 0 Å². The molecule has 0 aliphatic rings. The van der Waals surface area contributed by atoms with Crippen molar-refractivity contribution in [3.63, 3.8) is 0 Å². The second kappa shape index (κ2) is 4.38. The van der Waals surface area contributed by atoms with Crippen molar-refractivity contribution in [2.75, 3.05) is 0 Å². The van der Waals surface area contributed by atoms with Gasteiger partial charge in [0.15, 0.2) is 0 Å². The van der Waals surface area contributed by atoms with Crippen LogP contribution in [0.4, 0.5) is 0 Å². The quantitative estimate of drug-likeness (QED) is 0.697. The zero-order valence-corrected chi connectivity index (χ0v) is 9.52. The summed E-state index contributed by atoms with van der Waals surface area (Å²) in [6.45, 7) is 7.29. The molecule has 15 heavy (non-hydrogen) atoms. The minimum atomic E-state index is -0.465. The highest BCUT2D eigenvalue weighted by atomic mass is 16.6. The summed E-state index contributed by atoms with van der Waals surface area (Å²) in [5.41, 5.74) is 0.167. The highest BCUT2D eigenvalue weighted by Gasteiger charge is 2.23. The first kappa shape index (κ1) is 11.6. The summed E-state index contributed by atoms with van der Waals surface area (Å²) in [7, 11) is 0. The number of rotatable bonds is 2. The molecule has 4 heteroatoms. The van der Waals surface area contributed by atoms with Gasteiger partial charge in [-0.15, -0.1) is 0 Å². The van der Waals surface area contributed by atoms with Crippen molar-refractivity contribution in [2.45, 2.75) is 39.2 Å². The Hall–Kier alpha value is -1.45. The molecule has 82 valence electrons. The zero-order chi connectivity index (χ0) is 11.5. The Kier molecular flexibility index (Phi) is 3.39. The highest BCUT2D eigenvalue weighted by Crippen LogP contribution is 2.17. The molecule has 0 unspecified atom stereocenters. The predicted octanol–water partition coefficient (Wildman–Crippen LogP) is 1.92. The number of aromatic nitrogens is 2. The molecule has 0 radical (unpaired) electrons. The maximum Gasteiger partial charge on any atom is 0.315 e. The molecule has 0 amide bonds. The molecule has 0 fully saturated rings. The van der Waals surface area contributed by atoms with Gasteiger partial charge in [-0.05, 0) is 27.7 Å². The Balaban J connectivity index is 2.70. The van der Waals surface area contributed by atoms with Crippen molar-refractivity contribution < 1.29 is 9.53 Å². The molecule has 0 saturated heterocycles. The molecule has 0 saturated carbocycles. The number of carbonyl (C=O) groups excluding carboxylic acids is 1. The van der Waals surface area contributed by atoms with E-state index in [0.29, 0.717) is 5.69 Å². The van der Waals surface area contributed by atoms with Gasteiger partial charge < -0.3 is 4.74 Å². The molecule has 1 aromatic rings. The molecule has 0 aliphatic carbocycles. The second-order valence-corrected chi connectivity index (χ2v) is 4.39. The van der Waals surface area contributed by atoms with Gasteiger partial charge in [-0.1, -0.05) is 0 Å². The molecular weight excluding hydrogens is 192 g/mol. The number of ether oxygens (including phenoxy) is 1. The summed E-state index contributed by atoms with van der Waals surface area (Å²) < 4.78 is 5.25. The van der Waals surface area contributed by atoms with E-state index in [4.69, 9.17) is 4.74 Å². The van der Waals surface area contributed by atoms with Crippen molar-refractivity contribution in [2.24, 2.45) is 0 Å². The fourth-order valence-electron chi connectivity index (χ4n) is 1.05. The average Bonchev–Trinajstić information content (AvgIpc) is 2.15. The van der Waals surface area contributed by atoms with Gasteiger partial charge >= 0.3 is 5.97 Å². The minimum absolute atomic E-state index is 0.275. The Morgan fingerprint density at radius 2 is 2.07 bits per heavy atom. The summed E-state index contributed by atoms with van der Waals surface area (Å²) in [4.78, 5) is 19.6. The van der Waals surface area contributed by atoms with E-state index < -0.39 is 5.60 Å². The average molecular weight is 208 g/mol. The van der Waals surface area contributed by atoms with E-state index in [1.807, 2.05) is 20.8 Å². The van der Waals surface area contributed by atoms with E-state index in [2.05, 4.69) is 9.97 Å². The van der Waals surface area contributed by atoms with Crippen molar-refractivity contribution >= 4 is 5.97 Å². The summed E-state index contributed by atoms with van der Waals surface area (Å²) in [6, 6.07) is 0. The van der Waals surface area contributed by atoms with Crippen molar-refractivity contribution in [1.29, 1.82) is 0 Å². The zero-order valence-electron chi connectivity index (χ0n) is 9.52. The van der Waals surface area contributed by atoms with Crippen LogP contribution in [-0.4, -0.2) is 21.5 Å². The molecule has 1 heterocycles. The standard InChI is InChI=1S/C11H16N2O2/c1-8(9-7-12-5-6-13-9)10(14)15-11(2,3)4/h5-8H,1-4H3/t8-/m1/s1. The van der Waals surface area contributed by atoms with Crippen LogP contribution >= 0.6 is 0 Å². The van der Waals surface area contributed by atoms with Crippen LogP contribution in [0.5, 0.6) is 0 Å². The summed E-state index contributed by atoms with van der Waals surface area (Å²) in [6.07, 6.45) is 4.72. The Bertz CT molecular complexity index is 330. The third-order valence-electron chi connectivity index (χ3n) is 1.79. The van der Waals surface area contributed by atoms with Crippen LogP contribution in [0.25, 0.3) is 0 Å². The van der Waals surface area contributed by atoms with Gasteiger partial charge in [0.25, 0.3) is 0 Å². The van der Waals surface area contributed by atoms with Crippen LogP contribution in [0.3, 0.4) is 0 Å².